The maximum absolute atomic E-state index is 11.6. The average Bonchev–Trinajstić information content (AvgIpc) is 2.59. The Bertz CT molecular complexity index is 448. The molecule has 27 heavy (non-hydrogen) atoms. The van der Waals surface area contributed by atoms with Crippen molar-refractivity contribution in [2.75, 3.05) is 26.4 Å². The summed E-state index contributed by atoms with van der Waals surface area (Å²) in [5.74, 6) is 0. The van der Waals surface area contributed by atoms with Crippen LogP contribution < -0.4 is 0 Å². The number of hydrogen-bond donors (Lipinski definition) is 3. The van der Waals surface area contributed by atoms with E-state index < -0.39 is 28.4 Å². The predicted octanol–water partition coefficient (Wildman–Crippen LogP) is 4.17. The molecular weight excluding hydrogens is 398 g/mol. The van der Waals surface area contributed by atoms with E-state index >= 15 is 0 Å². The van der Waals surface area contributed by atoms with Crippen molar-refractivity contribution in [1.29, 1.82) is 0 Å². The molecule has 0 spiro atoms. The molecule has 9 nitrogen and oxygen atoms in total. The van der Waals surface area contributed by atoms with E-state index in [9.17, 15) is 24.0 Å². The van der Waals surface area contributed by atoms with Gasteiger partial charge in [0.25, 0.3) is 0 Å². The Morgan fingerprint density at radius 1 is 0.704 bits per heavy atom. The van der Waals surface area contributed by atoms with Gasteiger partial charge >= 0.3 is 15.6 Å². The normalized spacial score (nSPS) is 17.4. The molecule has 0 aliphatic carbocycles. The minimum atomic E-state index is -4.21. The molecule has 0 saturated heterocycles. The Morgan fingerprint density at radius 3 is 1.63 bits per heavy atom. The molecule has 0 bridgehead atoms. The topological polar surface area (TPSA) is 132 Å². The van der Waals surface area contributed by atoms with E-state index in [1.165, 1.54) is 0 Å². The van der Waals surface area contributed by atoms with Gasteiger partial charge in [0, 0.05) is 0 Å². The van der Waals surface area contributed by atoms with Crippen molar-refractivity contribution in [2.24, 2.45) is 0 Å². The Kier molecular flexibility index (Phi) is 16.1. The zero-order valence-corrected chi connectivity index (χ0v) is 18.2. The third kappa shape index (κ3) is 18.0. The highest BCUT2D eigenvalue weighted by molar-refractivity contribution is 7.47. The van der Waals surface area contributed by atoms with E-state index in [1.807, 2.05) is 0 Å². The number of aliphatic hydroxyl groups excluding tert-OH is 1. The highest BCUT2D eigenvalue weighted by Gasteiger charge is 2.24. The number of hydrogen-bond acceptors (Lipinski definition) is 7. The molecule has 0 radical (unpaired) electrons. The molecule has 0 saturated carbocycles. The molecule has 3 N–H and O–H groups in total. The summed E-state index contributed by atoms with van der Waals surface area (Å²) in [5.41, 5.74) is 0. The second-order valence-electron chi connectivity index (χ2n) is 6.30. The lowest BCUT2D eigenvalue weighted by molar-refractivity contribution is 0.0534. The lowest BCUT2D eigenvalue weighted by Crippen LogP contribution is -2.17. The van der Waals surface area contributed by atoms with Crippen molar-refractivity contribution >= 4 is 15.6 Å². The summed E-state index contributed by atoms with van der Waals surface area (Å²) in [7, 11) is -8.37. The zero-order valence-electron chi connectivity index (χ0n) is 16.5. The molecule has 3 atom stereocenters. The summed E-state index contributed by atoms with van der Waals surface area (Å²) in [5, 5.41) is 9.72. The standard InChI is InChI=1S/C16H36O9P2/c1-3-5-7-9-12-22-26(18,19)24-14-11-16(17)15-25-27(20,21)23-13-10-8-6-4-2/h16-17H,3-15H2,1-2H3,(H,18,19)(H,20,21). The number of aliphatic hydroxyl groups is 1. The van der Waals surface area contributed by atoms with Crippen LogP contribution in [0.15, 0.2) is 0 Å². The first-order valence-electron chi connectivity index (χ1n) is 9.64. The Labute approximate surface area is 162 Å². The maximum Gasteiger partial charge on any atom is 0.472 e. The summed E-state index contributed by atoms with van der Waals surface area (Å²) in [6, 6.07) is 0. The average molecular weight is 434 g/mol. The van der Waals surface area contributed by atoms with Crippen molar-refractivity contribution in [1.82, 2.24) is 0 Å². The minimum Gasteiger partial charge on any atom is -0.391 e. The monoisotopic (exact) mass is 434 g/mol. The van der Waals surface area contributed by atoms with Crippen LogP contribution in [0.1, 0.15) is 71.6 Å². The van der Waals surface area contributed by atoms with Gasteiger partial charge in [-0.05, 0) is 19.3 Å². The van der Waals surface area contributed by atoms with Crippen molar-refractivity contribution < 1.29 is 42.1 Å². The van der Waals surface area contributed by atoms with E-state index in [1.54, 1.807) is 0 Å². The van der Waals surface area contributed by atoms with Gasteiger partial charge in [-0.3, -0.25) is 18.1 Å². The van der Waals surface area contributed by atoms with Crippen LogP contribution in [0.3, 0.4) is 0 Å². The highest BCUT2D eigenvalue weighted by Crippen LogP contribution is 2.44. The third-order valence-electron chi connectivity index (χ3n) is 3.64. The second kappa shape index (κ2) is 16.0. The first-order valence-corrected chi connectivity index (χ1v) is 12.6. The van der Waals surface area contributed by atoms with E-state index in [0.717, 1.165) is 38.5 Å². The largest absolute Gasteiger partial charge is 0.472 e. The Balaban J connectivity index is 3.83. The molecule has 0 aromatic rings. The Hall–Kier alpha value is 0.180. The molecular formula is C16H36O9P2. The number of rotatable bonds is 19. The molecule has 0 heterocycles. The van der Waals surface area contributed by atoms with Crippen LogP contribution in [0.2, 0.25) is 0 Å². The van der Waals surface area contributed by atoms with Crippen molar-refractivity contribution in [3.05, 3.63) is 0 Å². The van der Waals surface area contributed by atoms with Gasteiger partial charge in [-0.25, -0.2) is 9.13 Å². The van der Waals surface area contributed by atoms with Gasteiger partial charge in [0.05, 0.1) is 32.5 Å². The van der Waals surface area contributed by atoms with Crippen LogP contribution >= 0.6 is 15.6 Å². The first-order chi connectivity index (χ1) is 12.7. The van der Waals surface area contributed by atoms with Crippen molar-refractivity contribution in [2.45, 2.75) is 77.7 Å². The molecule has 3 unspecified atom stereocenters. The number of unbranched alkanes of at least 4 members (excludes halogenated alkanes) is 6. The van der Waals surface area contributed by atoms with Gasteiger partial charge in [-0.2, -0.15) is 0 Å². The van der Waals surface area contributed by atoms with Gasteiger partial charge in [-0.1, -0.05) is 52.4 Å². The fourth-order valence-corrected chi connectivity index (χ4v) is 3.62. The molecule has 0 amide bonds. The summed E-state index contributed by atoms with van der Waals surface area (Å²) < 4.78 is 42.3. The predicted molar refractivity (Wildman–Crippen MR) is 102 cm³/mol. The van der Waals surface area contributed by atoms with Gasteiger partial charge in [0.2, 0.25) is 0 Å². The third-order valence-corrected chi connectivity index (χ3v) is 5.64. The van der Waals surface area contributed by atoms with E-state index in [2.05, 4.69) is 13.8 Å². The summed E-state index contributed by atoms with van der Waals surface area (Å²) >= 11 is 0. The second-order valence-corrected chi connectivity index (χ2v) is 9.20. The fraction of sp³-hybridized carbons (Fsp3) is 1.00. The molecule has 164 valence electrons. The Morgan fingerprint density at radius 2 is 1.15 bits per heavy atom. The summed E-state index contributed by atoms with van der Waals surface area (Å²) in [6.45, 7) is 3.66. The van der Waals surface area contributed by atoms with E-state index in [4.69, 9.17) is 18.1 Å². The number of phosphoric ester groups is 2. The zero-order chi connectivity index (χ0) is 20.6. The molecule has 0 rings (SSSR count). The SMILES string of the molecule is CCCCCCOP(=O)(O)OCCC(O)COP(=O)(O)OCCCCCC. The highest BCUT2D eigenvalue weighted by atomic mass is 31.2. The number of phosphoric acid groups is 2. The van der Waals surface area contributed by atoms with Crippen LogP contribution in [0.4, 0.5) is 0 Å². The molecule has 0 aromatic carbocycles. The summed E-state index contributed by atoms with van der Waals surface area (Å²) in [4.78, 5) is 19.0. The van der Waals surface area contributed by atoms with E-state index in [0.29, 0.717) is 12.8 Å². The van der Waals surface area contributed by atoms with Crippen LogP contribution in [0, 0.1) is 0 Å². The van der Waals surface area contributed by atoms with Crippen LogP contribution in [-0.4, -0.2) is 47.4 Å². The van der Waals surface area contributed by atoms with Crippen LogP contribution in [-0.2, 0) is 27.2 Å². The van der Waals surface area contributed by atoms with Gasteiger partial charge < -0.3 is 14.9 Å². The van der Waals surface area contributed by atoms with Gasteiger partial charge in [0.1, 0.15) is 0 Å². The van der Waals surface area contributed by atoms with Crippen molar-refractivity contribution in [3.8, 4) is 0 Å². The maximum atomic E-state index is 11.6. The van der Waals surface area contributed by atoms with Gasteiger partial charge in [-0.15, -0.1) is 0 Å². The van der Waals surface area contributed by atoms with Crippen LogP contribution in [0.5, 0.6) is 0 Å². The minimum absolute atomic E-state index is 0.0553. The fourth-order valence-electron chi connectivity index (χ4n) is 2.06. The lowest BCUT2D eigenvalue weighted by Gasteiger charge is -2.16. The molecule has 11 heteroatoms. The molecule has 0 aromatic heterocycles. The molecule has 0 aliphatic rings. The summed E-state index contributed by atoms with van der Waals surface area (Å²) in [6.07, 6.45) is 6.10. The van der Waals surface area contributed by atoms with Gasteiger partial charge in [0.15, 0.2) is 0 Å². The lowest BCUT2D eigenvalue weighted by atomic mass is 10.2. The van der Waals surface area contributed by atoms with Crippen LogP contribution in [0.25, 0.3) is 0 Å². The first kappa shape index (κ1) is 27.2. The smallest absolute Gasteiger partial charge is 0.391 e. The molecule has 0 fully saturated rings. The molecule has 0 aliphatic heterocycles. The van der Waals surface area contributed by atoms with E-state index in [-0.39, 0.29) is 26.2 Å². The quantitative estimate of drug-likeness (QED) is 0.202. The van der Waals surface area contributed by atoms with Crippen molar-refractivity contribution in [3.63, 3.8) is 0 Å².